The average molecular weight is 282 g/mol. The second-order valence-electron chi connectivity index (χ2n) is 4.21. The molecule has 0 aliphatic heterocycles. The van der Waals surface area contributed by atoms with Gasteiger partial charge in [-0.1, -0.05) is 66.5 Å². The lowest BCUT2D eigenvalue weighted by Gasteiger charge is -2.10. The van der Waals surface area contributed by atoms with Gasteiger partial charge in [-0.15, -0.1) is 0 Å². The second kappa shape index (κ2) is 6.87. The Morgan fingerprint density at radius 2 is 2.06 bits per heavy atom. The van der Waals surface area contributed by atoms with E-state index in [1.165, 1.54) is 11.1 Å². The van der Waals surface area contributed by atoms with Gasteiger partial charge in [0.25, 0.3) is 0 Å². The van der Waals surface area contributed by atoms with Crippen molar-refractivity contribution in [1.82, 2.24) is 5.32 Å². The molecule has 1 aromatic rings. The first kappa shape index (κ1) is 13.5. The summed E-state index contributed by atoms with van der Waals surface area (Å²) in [6, 6.07) is 8.86. The maximum atomic E-state index is 3.57. The molecule has 0 aliphatic carbocycles. The average Bonchev–Trinajstić information content (AvgIpc) is 2.26. The molecule has 1 N–H and O–H groups in total. The standard InChI is InChI=1S/C14H20BrN/c1-4-12(10-16-11(2)3)9-13-7-5-6-8-14(13)15/h5-9,11,16H,4,10H2,1-3H3. The summed E-state index contributed by atoms with van der Waals surface area (Å²) in [6.07, 6.45) is 3.35. The van der Waals surface area contributed by atoms with Gasteiger partial charge in [0, 0.05) is 17.1 Å². The Morgan fingerprint density at radius 1 is 1.38 bits per heavy atom. The number of hydrogen-bond acceptors (Lipinski definition) is 1. The van der Waals surface area contributed by atoms with Gasteiger partial charge < -0.3 is 5.32 Å². The van der Waals surface area contributed by atoms with Gasteiger partial charge in [-0.2, -0.15) is 0 Å². The molecule has 1 rings (SSSR count). The van der Waals surface area contributed by atoms with Gasteiger partial charge in [-0.3, -0.25) is 0 Å². The summed E-state index contributed by atoms with van der Waals surface area (Å²) in [5.41, 5.74) is 2.69. The van der Waals surface area contributed by atoms with Crippen molar-refractivity contribution in [3.8, 4) is 0 Å². The van der Waals surface area contributed by atoms with Crippen LogP contribution in [0.25, 0.3) is 6.08 Å². The van der Waals surface area contributed by atoms with Crippen LogP contribution in [-0.2, 0) is 0 Å². The zero-order chi connectivity index (χ0) is 12.0. The van der Waals surface area contributed by atoms with Crippen molar-refractivity contribution in [2.45, 2.75) is 33.2 Å². The summed E-state index contributed by atoms with van der Waals surface area (Å²) in [5.74, 6) is 0. The van der Waals surface area contributed by atoms with E-state index >= 15 is 0 Å². The molecule has 88 valence electrons. The topological polar surface area (TPSA) is 12.0 Å². The van der Waals surface area contributed by atoms with E-state index in [0.29, 0.717) is 6.04 Å². The van der Waals surface area contributed by atoms with Crippen molar-refractivity contribution in [1.29, 1.82) is 0 Å². The van der Waals surface area contributed by atoms with E-state index in [2.05, 4.69) is 66.3 Å². The van der Waals surface area contributed by atoms with Crippen LogP contribution >= 0.6 is 15.9 Å². The predicted octanol–water partition coefficient (Wildman–Crippen LogP) is 4.24. The van der Waals surface area contributed by atoms with Gasteiger partial charge in [0.05, 0.1) is 0 Å². The maximum Gasteiger partial charge on any atom is 0.0247 e. The van der Waals surface area contributed by atoms with Crippen LogP contribution in [0.3, 0.4) is 0 Å². The molecule has 1 nitrogen and oxygen atoms in total. The number of halogens is 1. The summed E-state index contributed by atoms with van der Waals surface area (Å²) in [4.78, 5) is 0. The number of benzene rings is 1. The zero-order valence-electron chi connectivity index (χ0n) is 10.3. The molecule has 0 radical (unpaired) electrons. The monoisotopic (exact) mass is 281 g/mol. The summed E-state index contributed by atoms with van der Waals surface area (Å²) < 4.78 is 1.16. The van der Waals surface area contributed by atoms with Crippen LogP contribution in [0.2, 0.25) is 0 Å². The maximum absolute atomic E-state index is 3.57. The van der Waals surface area contributed by atoms with Crippen LogP contribution < -0.4 is 5.32 Å². The van der Waals surface area contributed by atoms with Crippen molar-refractivity contribution in [2.75, 3.05) is 6.54 Å². The molecule has 2 heteroatoms. The summed E-state index contributed by atoms with van der Waals surface area (Å²) in [5, 5.41) is 3.45. The first-order chi connectivity index (χ1) is 7.63. The van der Waals surface area contributed by atoms with Crippen molar-refractivity contribution in [3.05, 3.63) is 39.9 Å². The molecule has 0 unspecified atom stereocenters. The predicted molar refractivity (Wildman–Crippen MR) is 75.5 cm³/mol. The zero-order valence-corrected chi connectivity index (χ0v) is 11.8. The molecule has 0 bridgehead atoms. The van der Waals surface area contributed by atoms with E-state index in [1.807, 2.05) is 6.07 Å². The summed E-state index contributed by atoms with van der Waals surface area (Å²) in [7, 11) is 0. The van der Waals surface area contributed by atoms with E-state index in [0.717, 1.165) is 17.4 Å². The number of nitrogens with one attached hydrogen (secondary N) is 1. The van der Waals surface area contributed by atoms with Gasteiger partial charge in [-0.25, -0.2) is 0 Å². The lowest BCUT2D eigenvalue weighted by molar-refractivity contribution is 0.617. The fraction of sp³-hybridized carbons (Fsp3) is 0.429. The highest BCUT2D eigenvalue weighted by Crippen LogP contribution is 2.19. The van der Waals surface area contributed by atoms with Crippen LogP contribution in [0, 0.1) is 0 Å². The quantitative estimate of drug-likeness (QED) is 0.851. The minimum Gasteiger partial charge on any atom is -0.311 e. The third-order valence-corrected chi connectivity index (χ3v) is 3.18. The third-order valence-electron chi connectivity index (χ3n) is 2.46. The van der Waals surface area contributed by atoms with Gasteiger partial charge in [0.2, 0.25) is 0 Å². The Labute approximate surface area is 107 Å². The van der Waals surface area contributed by atoms with E-state index in [1.54, 1.807) is 0 Å². The van der Waals surface area contributed by atoms with Crippen molar-refractivity contribution in [3.63, 3.8) is 0 Å². The third kappa shape index (κ3) is 4.50. The lowest BCUT2D eigenvalue weighted by atomic mass is 10.1. The van der Waals surface area contributed by atoms with Crippen LogP contribution in [0.1, 0.15) is 32.8 Å². The van der Waals surface area contributed by atoms with Crippen molar-refractivity contribution >= 4 is 22.0 Å². The van der Waals surface area contributed by atoms with E-state index in [4.69, 9.17) is 0 Å². The highest BCUT2D eigenvalue weighted by atomic mass is 79.9. The van der Waals surface area contributed by atoms with E-state index < -0.39 is 0 Å². The molecule has 0 aromatic heterocycles. The van der Waals surface area contributed by atoms with Crippen molar-refractivity contribution < 1.29 is 0 Å². The molecule has 0 aliphatic rings. The fourth-order valence-corrected chi connectivity index (χ4v) is 1.82. The SMILES string of the molecule is CCC(=Cc1ccccc1Br)CNC(C)C. The molecule has 0 saturated heterocycles. The first-order valence-corrected chi connectivity index (χ1v) is 6.60. The second-order valence-corrected chi connectivity index (χ2v) is 5.07. The van der Waals surface area contributed by atoms with Crippen LogP contribution in [-0.4, -0.2) is 12.6 Å². The van der Waals surface area contributed by atoms with Crippen molar-refractivity contribution in [2.24, 2.45) is 0 Å². The number of rotatable bonds is 5. The highest BCUT2D eigenvalue weighted by Gasteiger charge is 1.99. The largest absolute Gasteiger partial charge is 0.311 e. The van der Waals surface area contributed by atoms with Gasteiger partial charge in [-0.05, 0) is 18.1 Å². The minimum atomic E-state index is 0.536. The Morgan fingerprint density at radius 3 is 2.62 bits per heavy atom. The lowest BCUT2D eigenvalue weighted by Crippen LogP contribution is -2.24. The van der Waals surface area contributed by atoms with E-state index in [9.17, 15) is 0 Å². The Kier molecular flexibility index (Phi) is 5.78. The van der Waals surface area contributed by atoms with Crippen LogP contribution in [0.4, 0.5) is 0 Å². The Balaban J connectivity index is 2.75. The molecule has 0 spiro atoms. The first-order valence-electron chi connectivity index (χ1n) is 5.80. The summed E-state index contributed by atoms with van der Waals surface area (Å²) >= 11 is 3.57. The molecular weight excluding hydrogens is 262 g/mol. The molecule has 0 fully saturated rings. The Hall–Kier alpha value is -0.600. The number of hydrogen-bond donors (Lipinski definition) is 1. The minimum absolute atomic E-state index is 0.536. The summed E-state index contributed by atoms with van der Waals surface area (Å²) in [6.45, 7) is 7.51. The molecule has 1 aromatic carbocycles. The molecule has 0 heterocycles. The molecule has 16 heavy (non-hydrogen) atoms. The van der Waals surface area contributed by atoms with Crippen LogP contribution in [0.5, 0.6) is 0 Å². The Bertz CT molecular complexity index is 356. The molecule has 0 atom stereocenters. The fourth-order valence-electron chi connectivity index (χ4n) is 1.43. The normalized spacial score (nSPS) is 12.2. The van der Waals surface area contributed by atoms with E-state index in [-0.39, 0.29) is 0 Å². The molecular formula is C14H20BrN. The van der Waals surface area contributed by atoms with Gasteiger partial charge >= 0.3 is 0 Å². The smallest absolute Gasteiger partial charge is 0.0247 e. The highest BCUT2D eigenvalue weighted by molar-refractivity contribution is 9.10. The van der Waals surface area contributed by atoms with Gasteiger partial charge in [0.15, 0.2) is 0 Å². The molecule has 0 amide bonds. The van der Waals surface area contributed by atoms with Crippen LogP contribution in [0.15, 0.2) is 34.3 Å². The molecule has 0 saturated carbocycles. The van der Waals surface area contributed by atoms with Gasteiger partial charge in [0.1, 0.15) is 0 Å².